The zero-order valence-corrected chi connectivity index (χ0v) is 11.9. The highest BCUT2D eigenvalue weighted by Gasteiger charge is 2.40. The monoisotopic (exact) mass is 259 g/mol. The molecule has 108 valence electrons. The Morgan fingerprint density at radius 1 is 1.22 bits per heavy atom. The number of ether oxygens (including phenoxy) is 2. The van der Waals surface area contributed by atoms with E-state index in [2.05, 4.69) is 12.2 Å². The van der Waals surface area contributed by atoms with E-state index in [0.717, 1.165) is 32.5 Å². The van der Waals surface area contributed by atoms with Crippen molar-refractivity contribution in [1.29, 1.82) is 0 Å². The first kappa shape index (κ1) is 15.9. The van der Waals surface area contributed by atoms with Gasteiger partial charge in [0.2, 0.25) is 0 Å². The van der Waals surface area contributed by atoms with Crippen LogP contribution in [0.1, 0.15) is 39.0 Å². The molecule has 2 atom stereocenters. The lowest BCUT2D eigenvalue weighted by Gasteiger charge is -2.33. The van der Waals surface area contributed by atoms with Crippen molar-refractivity contribution in [2.45, 2.75) is 44.6 Å². The van der Waals surface area contributed by atoms with Gasteiger partial charge in [0, 0.05) is 18.8 Å². The normalized spacial score (nSPS) is 27.8. The largest absolute Gasteiger partial charge is 0.394 e. The van der Waals surface area contributed by atoms with Gasteiger partial charge in [-0.3, -0.25) is 0 Å². The van der Waals surface area contributed by atoms with E-state index in [0.29, 0.717) is 19.1 Å². The molecule has 0 amide bonds. The van der Waals surface area contributed by atoms with Crippen LogP contribution in [0, 0.1) is 5.92 Å². The van der Waals surface area contributed by atoms with Gasteiger partial charge in [-0.05, 0) is 38.6 Å². The van der Waals surface area contributed by atoms with E-state index in [1.807, 2.05) is 7.05 Å². The standard InChI is InChI=1S/C14H29NO3/c1-3-8-17-10-11-18-9-6-13-5-4-7-14(13,12-16)15-2/h13,15-16H,3-12H2,1-2H3. The molecular weight excluding hydrogens is 230 g/mol. The fraction of sp³-hybridized carbons (Fsp3) is 1.00. The van der Waals surface area contributed by atoms with Gasteiger partial charge in [0.1, 0.15) is 0 Å². The summed E-state index contributed by atoms with van der Waals surface area (Å²) in [6.45, 7) is 5.29. The molecule has 0 aromatic heterocycles. The van der Waals surface area contributed by atoms with Gasteiger partial charge in [0.15, 0.2) is 0 Å². The third-order valence-corrected chi connectivity index (χ3v) is 4.07. The first-order chi connectivity index (χ1) is 8.79. The Morgan fingerprint density at radius 3 is 2.56 bits per heavy atom. The first-order valence-corrected chi connectivity index (χ1v) is 7.24. The second-order valence-electron chi connectivity index (χ2n) is 5.17. The predicted molar refractivity (Wildman–Crippen MR) is 72.8 cm³/mol. The van der Waals surface area contributed by atoms with Crippen molar-refractivity contribution in [3.8, 4) is 0 Å². The molecule has 18 heavy (non-hydrogen) atoms. The van der Waals surface area contributed by atoms with E-state index < -0.39 is 0 Å². The van der Waals surface area contributed by atoms with Crippen molar-refractivity contribution >= 4 is 0 Å². The minimum Gasteiger partial charge on any atom is -0.394 e. The summed E-state index contributed by atoms with van der Waals surface area (Å²) < 4.78 is 11.0. The molecule has 2 unspecified atom stereocenters. The number of hydrogen-bond acceptors (Lipinski definition) is 4. The quantitative estimate of drug-likeness (QED) is 0.585. The Bertz CT molecular complexity index is 207. The van der Waals surface area contributed by atoms with Crippen LogP contribution in [0.25, 0.3) is 0 Å². The second kappa shape index (κ2) is 8.86. The Labute approximate surface area is 111 Å². The zero-order chi connectivity index (χ0) is 13.3. The van der Waals surface area contributed by atoms with Crippen molar-refractivity contribution in [1.82, 2.24) is 5.32 Å². The molecule has 0 bridgehead atoms. The Balaban J connectivity index is 2.11. The van der Waals surface area contributed by atoms with Crippen LogP contribution in [0.2, 0.25) is 0 Å². The molecule has 1 saturated carbocycles. The van der Waals surface area contributed by atoms with Crippen LogP contribution >= 0.6 is 0 Å². The Hall–Kier alpha value is -0.160. The Morgan fingerprint density at radius 2 is 1.94 bits per heavy atom. The second-order valence-corrected chi connectivity index (χ2v) is 5.17. The highest BCUT2D eigenvalue weighted by molar-refractivity contribution is 4.97. The molecule has 0 aromatic rings. The summed E-state index contributed by atoms with van der Waals surface area (Å²) in [5.41, 5.74) is -0.0674. The zero-order valence-electron chi connectivity index (χ0n) is 11.9. The van der Waals surface area contributed by atoms with Crippen LogP contribution in [-0.4, -0.2) is 50.7 Å². The van der Waals surface area contributed by atoms with Gasteiger partial charge >= 0.3 is 0 Å². The SMILES string of the molecule is CCCOCCOCCC1CCCC1(CO)NC. The summed E-state index contributed by atoms with van der Waals surface area (Å²) in [5.74, 6) is 0.532. The summed E-state index contributed by atoms with van der Waals surface area (Å²) >= 11 is 0. The number of aliphatic hydroxyl groups excluding tert-OH is 1. The van der Waals surface area contributed by atoms with Crippen molar-refractivity contribution < 1.29 is 14.6 Å². The van der Waals surface area contributed by atoms with E-state index in [1.54, 1.807) is 0 Å². The fourth-order valence-corrected chi connectivity index (χ4v) is 2.87. The van der Waals surface area contributed by atoms with Gasteiger partial charge in [-0.2, -0.15) is 0 Å². The number of aliphatic hydroxyl groups is 1. The molecule has 1 aliphatic carbocycles. The predicted octanol–water partition coefficient (Wildman–Crippen LogP) is 1.57. The van der Waals surface area contributed by atoms with E-state index in [-0.39, 0.29) is 12.1 Å². The van der Waals surface area contributed by atoms with Crippen molar-refractivity contribution in [2.24, 2.45) is 5.92 Å². The summed E-state index contributed by atoms with van der Waals surface area (Å²) in [5, 5.41) is 12.9. The number of nitrogens with one attached hydrogen (secondary N) is 1. The third-order valence-electron chi connectivity index (χ3n) is 4.07. The molecule has 4 heteroatoms. The summed E-state index contributed by atoms with van der Waals surface area (Å²) in [4.78, 5) is 0. The molecule has 0 aliphatic heterocycles. The molecule has 4 nitrogen and oxygen atoms in total. The number of rotatable bonds is 10. The molecule has 0 heterocycles. The molecule has 1 aliphatic rings. The van der Waals surface area contributed by atoms with E-state index in [1.165, 1.54) is 12.8 Å². The summed E-state index contributed by atoms with van der Waals surface area (Å²) in [6.07, 6.45) is 5.55. The first-order valence-electron chi connectivity index (χ1n) is 7.24. The van der Waals surface area contributed by atoms with Crippen molar-refractivity contribution in [3.05, 3.63) is 0 Å². The lowest BCUT2D eigenvalue weighted by atomic mass is 9.86. The lowest BCUT2D eigenvalue weighted by Crippen LogP contribution is -2.49. The topological polar surface area (TPSA) is 50.7 Å². The maximum absolute atomic E-state index is 9.56. The number of hydrogen-bond donors (Lipinski definition) is 2. The molecule has 2 N–H and O–H groups in total. The van der Waals surface area contributed by atoms with Gasteiger partial charge in [-0.1, -0.05) is 13.3 Å². The average Bonchev–Trinajstić information content (AvgIpc) is 2.81. The van der Waals surface area contributed by atoms with Crippen LogP contribution < -0.4 is 5.32 Å². The molecular formula is C14H29NO3. The van der Waals surface area contributed by atoms with E-state index in [4.69, 9.17) is 9.47 Å². The highest BCUT2D eigenvalue weighted by Crippen LogP contribution is 2.37. The van der Waals surface area contributed by atoms with Crippen LogP contribution in [0.3, 0.4) is 0 Å². The van der Waals surface area contributed by atoms with Crippen molar-refractivity contribution in [3.63, 3.8) is 0 Å². The minimum absolute atomic E-state index is 0.0674. The van der Waals surface area contributed by atoms with Gasteiger partial charge in [-0.25, -0.2) is 0 Å². The van der Waals surface area contributed by atoms with Crippen LogP contribution in [-0.2, 0) is 9.47 Å². The van der Waals surface area contributed by atoms with Gasteiger partial charge in [0.05, 0.1) is 19.8 Å². The summed E-state index contributed by atoms with van der Waals surface area (Å²) in [6, 6.07) is 0. The molecule has 0 aromatic carbocycles. The minimum atomic E-state index is -0.0674. The lowest BCUT2D eigenvalue weighted by molar-refractivity contribution is 0.0351. The third kappa shape index (κ3) is 4.50. The summed E-state index contributed by atoms with van der Waals surface area (Å²) in [7, 11) is 1.95. The maximum atomic E-state index is 9.56. The van der Waals surface area contributed by atoms with Gasteiger partial charge in [-0.15, -0.1) is 0 Å². The molecule has 0 radical (unpaired) electrons. The average molecular weight is 259 g/mol. The van der Waals surface area contributed by atoms with E-state index in [9.17, 15) is 5.11 Å². The van der Waals surface area contributed by atoms with Crippen molar-refractivity contribution in [2.75, 3.05) is 40.1 Å². The molecule has 0 spiro atoms. The fourth-order valence-electron chi connectivity index (χ4n) is 2.87. The van der Waals surface area contributed by atoms with Gasteiger partial charge < -0.3 is 19.9 Å². The highest BCUT2D eigenvalue weighted by atomic mass is 16.5. The smallest absolute Gasteiger partial charge is 0.0700 e. The van der Waals surface area contributed by atoms with Gasteiger partial charge in [0.25, 0.3) is 0 Å². The number of likely N-dealkylation sites (N-methyl/N-ethyl adjacent to an activating group) is 1. The van der Waals surface area contributed by atoms with Crippen LogP contribution in [0.4, 0.5) is 0 Å². The molecule has 0 saturated heterocycles. The molecule has 1 fully saturated rings. The van der Waals surface area contributed by atoms with Crippen LogP contribution in [0.15, 0.2) is 0 Å². The molecule has 1 rings (SSSR count). The van der Waals surface area contributed by atoms with E-state index >= 15 is 0 Å². The maximum Gasteiger partial charge on any atom is 0.0700 e. The van der Waals surface area contributed by atoms with Crippen LogP contribution in [0.5, 0.6) is 0 Å². The Kier molecular flexibility index (Phi) is 7.82.